The molecule has 3 aromatic heterocycles. The maximum atomic E-state index is 11.0. The van der Waals surface area contributed by atoms with Gasteiger partial charge in [-0.2, -0.15) is 0 Å². The Bertz CT molecular complexity index is 1940. The quantitative estimate of drug-likeness (QED) is 0.163. The maximum Gasteiger partial charge on any atom is 0.287 e. The van der Waals surface area contributed by atoms with Crippen LogP contribution in [0.4, 0.5) is 0 Å². The fourth-order valence-electron chi connectivity index (χ4n) is 6.28. The summed E-state index contributed by atoms with van der Waals surface area (Å²) >= 11 is 0. The smallest absolute Gasteiger partial charge is 0.287 e. The van der Waals surface area contributed by atoms with Crippen LogP contribution in [0.25, 0.3) is 33.8 Å². The molecule has 0 spiro atoms. The van der Waals surface area contributed by atoms with E-state index < -0.39 is 17.7 Å². The van der Waals surface area contributed by atoms with E-state index in [1.807, 2.05) is 62.3 Å². The molecule has 3 heterocycles. The summed E-state index contributed by atoms with van der Waals surface area (Å²) in [6.07, 6.45) is 0. The van der Waals surface area contributed by atoms with Gasteiger partial charge in [-0.05, 0) is 95.7 Å². The minimum Gasteiger partial charge on any atom is -0.363 e. The van der Waals surface area contributed by atoms with Crippen LogP contribution in [0.1, 0.15) is 81.7 Å². The van der Waals surface area contributed by atoms with Gasteiger partial charge < -0.3 is 30.8 Å². The highest BCUT2D eigenvalue weighted by molar-refractivity contribution is 5.92. The Labute approximate surface area is 296 Å². The molecule has 0 bridgehead atoms. The summed E-state index contributed by atoms with van der Waals surface area (Å²) < 4.78 is 14.7. The second-order valence-electron chi connectivity index (χ2n) is 12.6. The number of primary amides is 3. The van der Waals surface area contributed by atoms with Gasteiger partial charge in [-0.1, -0.05) is 68.6 Å². The highest BCUT2D eigenvalue weighted by Gasteiger charge is 2.17. The number of carbonyl (C=O) groups is 3. The van der Waals surface area contributed by atoms with Crippen LogP contribution in [0.2, 0.25) is 0 Å². The molecule has 0 saturated carbocycles. The number of hydrogen-bond donors (Lipinski definition) is 3. The Hall–Kier alpha value is -6.30. The molecule has 0 radical (unpaired) electrons. The minimum absolute atomic E-state index is 0.0828. The Morgan fingerprint density at radius 1 is 0.392 bits per heavy atom. The normalized spacial score (nSPS) is 10.5. The predicted octanol–water partition coefficient (Wildman–Crippen LogP) is 7.10. The molecular weight excluding hydrogens is 648 g/mol. The zero-order valence-electron chi connectivity index (χ0n) is 30.2. The average molecular weight is 691 g/mol. The van der Waals surface area contributed by atoms with Crippen molar-refractivity contribution in [2.75, 3.05) is 0 Å². The summed E-state index contributed by atoms with van der Waals surface area (Å²) in [7, 11) is 0. The highest BCUT2D eigenvalue weighted by Crippen LogP contribution is 2.30. The summed E-state index contributed by atoms with van der Waals surface area (Å²) in [6.45, 7) is 18.2. The van der Waals surface area contributed by atoms with Crippen molar-refractivity contribution >= 4 is 17.7 Å². The van der Waals surface area contributed by atoms with Gasteiger partial charge in [0, 0.05) is 34.9 Å². The van der Waals surface area contributed by atoms with Crippen LogP contribution in [0, 0.1) is 62.3 Å². The maximum absolute atomic E-state index is 11.0. The lowest BCUT2D eigenvalue weighted by Crippen LogP contribution is -2.09. The predicted molar refractivity (Wildman–Crippen MR) is 194 cm³/mol. The van der Waals surface area contributed by atoms with E-state index in [4.69, 9.17) is 30.8 Å². The number of carbonyl (C=O) groups excluding carboxylic acids is 3. The molecule has 3 aromatic carbocycles. The molecule has 6 aromatic rings. The number of rotatable bonds is 6. The second kappa shape index (κ2) is 15.5. The van der Waals surface area contributed by atoms with Gasteiger partial charge in [0.1, 0.15) is 17.1 Å². The molecule has 0 saturated heterocycles. The molecule has 264 valence electrons. The third-order valence-corrected chi connectivity index (χ3v) is 8.06. The summed E-state index contributed by atoms with van der Waals surface area (Å²) in [5.41, 5.74) is 30.5. The van der Waals surface area contributed by atoms with Gasteiger partial charge in [-0.3, -0.25) is 14.4 Å². The summed E-state index contributed by atoms with van der Waals surface area (Å²) in [5, 5.41) is 11.6. The number of hydrogen-bond acceptors (Lipinski definition) is 9. The fraction of sp³-hybridized carbons (Fsp3) is 0.231. The van der Waals surface area contributed by atoms with Crippen molar-refractivity contribution in [2.45, 2.75) is 62.3 Å². The van der Waals surface area contributed by atoms with Crippen LogP contribution in [-0.2, 0) is 0 Å². The first-order valence-corrected chi connectivity index (χ1v) is 16.0. The monoisotopic (exact) mass is 690 g/mol. The van der Waals surface area contributed by atoms with E-state index in [0.717, 1.165) is 50.1 Å². The van der Waals surface area contributed by atoms with Crippen LogP contribution in [0.5, 0.6) is 0 Å². The molecule has 0 aliphatic heterocycles. The second-order valence-corrected chi connectivity index (χ2v) is 12.6. The van der Waals surface area contributed by atoms with Gasteiger partial charge in [0.05, 0.1) is 0 Å². The standard InChI is InChI=1S/3C13H14N2O2/c3*1-7-4-8(2)12(9(3)5-7)10-6-11(13(14)16)17-15-10/h3*4-6H,1-3H3,(H2,14,16). The number of nitrogens with two attached hydrogens (primary N) is 3. The molecule has 0 aliphatic rings. The SMILES string of the molecule is Cc1cc(C)c(-c2cc(C(N)=O)on2)c(C)c1.Cc1cc(C)c(-c2cc(C(N)=O)on2)c(C)c1.Cc1cc(C)c(-c2cc(C(N)=O)on2)c(C)c1. The summed E-state index contributed by atoms with van der Waals surface area (Å²) in [6, 6.07) is 17.2. The first kappa shape index (κ1) is 37.5. The van der Waals surface area contributed by atoms with Gasteiger partial charge in [0.15, 0.2) is 0 Å². The zero-order valence-corrected chi connectivity index (χ0v) is 30.2. The van der Waals surface area contributed by atoms with Crippen molar-refractivity contribution in [3.63, 3.8) is 0 Å². The van der Waals surface area contributed by atoms with E-state index in [2.05, 4.69) is 51.9 Å². The largest absolute Gasteiger partial charge is 0.363 e. The molecule has 12 heteroatoms. The molecule has 51 heavy (non-hydrogen) atoms. The van der Waals surface area contributed by atoms with Gasteiger partial charge in [0.25, 0.3) is 17.7 Å². The van der Waals surface area contributed by atoms with Gasteiger partial charge >= 0.3 is 0 Å². The molecule has 0 unspecified atom stereocenters. The lowest BCUT2D eigenvalue weighted by atomic mass is 9.97. The van der Waals surface area contributed by atoms with E-state index in [0.29, 0.717) is 17.1 Å². The highest BCUT2D eigenvalue weighted by atomic mass is 16.5. The van der Waals surface area contributed by atoms with Crippen molar-refractivity contribution < 1.29 is 28.0 Å². The molecular formula is C39H42N6O6. The van der Waals surface area contributed by atoms with Crippen molar-refractivity contribution in [3.05, 3.63) is 122 Å². The lowest BCUT2D eigenvalue weighted by molar-refractivity contribution is 0.0957. The third kappa shape index (κ3) is 8.84. The molecule has 0 aliphatic carbocycles. The van der Waals surface area contributed by atoms with Crippen molar-refractivity contribution in [3.8, 4) is 33.8 Å². The van der Waals surface area contributed by atoms with Gasteiger partial charge in [0.2, 0.25) is 17.3 Å². The van der Waals surface area contributed by atoms with Crippen LogP contribution >= 0.6 is 0 Å². The topological polar surface area (TPSA) is 207 Å². The molecule has 6 N–H and O–H groups in total. The molecule has 12 nitrogen and oxygen atoms in total. The third-order valence-electron chi connectivity index (χ3n) is 8.06. The molecule has 0 atom stereocenters. The number of nitrogens with zero attached hydrogens (tertiary/aromatic N) is 3. The number of aromatic nitrogens is 3. The average Bonchev–Trinajstić information content (AvgIpc) is 3.79. The van der Waals surface area contributed by atoms with Crippen LogP contribution in [-0.4, -0.2) is 33.2 Å². The molecule has 3 amide bonds. The summed E-state index contributed by atoms with van der Waals surface area (Å²) in [4.78, 5) is 32.9. The Balaban J connectivity index is 0.000000172. The van der Waals surface area contributed by atoms with E-state index in [9.17, 15) is 14.4 Å². The Kier molecular flexibility index (Phi) is 11.4. The van der Waals surface area contributed by atoms with Crippen LogP contribution in [0.3, 0.4) is 0 Å². The molecule has 0 fully saturated rings. The van der Waals surface area contributed by atoms with E-state index >= 15 is 0 Å². The fourth-order valence-corrected chi connectivity index (χ4v) is 6.28. The summed E-state index contributed by atoms with van der Waals surface area (Å²) in [5.74, 6) is -1.57. The van der Waals surface area contributed by atoms with Crippen LogP contribution in [0.15, 0.2) is 68.2 Å². The van der Waals surface area contributed by atoms with E-state index in [-0.39, 0.29) is 17.3 Å². The van der Waals surface area contributed by atoms with Crippen molar-refractivity contribution in [2.24, 2.45) is 17.2 Å². The first-order valence-electron chi connectivity index (χ1n) is 16.0. The van der Waals surface area contributed by atoms with E-state index in [1.165, 1.54) is 16.7 Å². The number of amides is 3. The van der Waals surface area contributed by atoms with Crippen molar-refractivity contribution in [1.82, 2.24) is 15.5 Å². The number of benzene rings is 3. The number of aryl methyl sites for hydroxylation is 9. The van der Waals surface area contributed by atoms with E-state index in [1.54, 1.807) is 18.2 Å². The lowest BCUT2D eigenvalue weighted by Gasteiger charge is -2.07. The van der Waals surface area contributed by atoms with Crippen molar-refractivity contribution in [1.29, 1.82) is 0 Å². The van der Waals surface area contributed by atoms with Crippen LogP contribution < -0.4 is 17.2 Å². The Morgan fingerprint density at radius 3 is 0.745 bits per heavy atom. The van der Waals surface area contributed by atoms with Gasteiger partial charge in [-0.15, -0.1) is 0 Å². The zero-order chi connectivity index (χ0) is 37.7. The van der Waals surface area contributed by atoms with Gasteiger partial charge in [-0.25, -0.2) is 0 Å². The molecule has 6 rings (SSSR count). The Morgan fingerprint density at radius 2 is 0.588 bits per heavy atom. The first-order chi connectivity index (χ1) is 24.0. The minimum atomic E-state index is -0.605.